The molecule has 2 amide bonds. The highest BCUT2D eigenvalue weighted by atomic mass is 35.5. The Labute approximate surface area is 187 Å². The van der Waals surface area contributed by atoms with Crippen LogP contribution in [0.4, 0.5) is 5.13 Å². The third-order valence-electron chi connectivity index (χ3n) is 4.21. The highest BCUT2D eigenvalue weighted by Gasteiger charge is 2.22. The lowest BCUT2D eigenvalue weighted by molar-refractivity contribution is -0.115. The number of hydrogen-bond acceptors (Lipinski definition) is 7. The number of carbonyl (C=O) groups excluding carboxylic acids is 2. The molecule has 0 saturated carbocycles. The van der Waals surface area contributed by atoms with Crippen LogP contribution in [-0.4, -0.2) is 36.8 Å². The van der Waals surface area contributed by atoms with Gasteiger partial charge in [-0.2, -0.15) is 0 Å². The number of nitrogens with one attached hydrogen (secondary N) is 2. The van der Waals surface area contributed by atoms with Crippen LogP contribution in [-0.2, 0) is 11.8 Å². The maximum atomic E-state index is 12.4. The first-order valence-corrected chi connectivity index (χ1v) is 11.2. The standard InChI is InChI=1S/C19H21ClN6O2S2/c1-10-9-29-18(21-10)23-16(27)12(3)30-19-25-24-15(26(19)4)11(2)22-17(28)13-5-7-14(20)8-6-13/h5-9,11-12H,1-4H3,(H,22,28)(H,21,23,27)/t11-,12-/m0/s1. The molecular formula is C19H21ClN6O2S2. The van der Waals surface area contributed by atoms with Crippen LogP contribution in [0.15, 0.2) is 34.8 Å². The topological polar surface area (TPSA) is 102 Å². The van der Waals surface area contributed by atoms with E-state index >= 15 is 0 Å². The Morgan fingerprint density at radius 3 is 2.53 bits per heavy atom. The number of carbonyl (C=O) groups is 2. The summed E-state index contributed by atoms with van der Waals surface area (Å²) < 4.78 is 1.77. The van der Waals surface area contributed by atoms with E-state index in [0.29, 0.717) is 26.7 Å². The van der Waals surface area contributed by atoms with E-state index in [2.05, 4.69) is 25.8 Å². The predicted molar refractivity (Wildman–Crippen MR) is 119 cm³/mol. The first-order valence-electron chi connectivity index (χ1n) is 9.10. The molecule has 2 aromatic heterocycles. The summed E-state index contributed by atoms with van der Waals surface area (Å²) in [7, 11) is 1.80. The van der Waals surface area contributed by atoms with E-state index in [9.17, 15) is 9.59 Å². The van der Waals surface area contributed by atoms with E-state index < -0.39 is 5.25 Å². The van der Waals surface area contributed by atoms with Crippen molar-refractivity contribution >= 4 is 51.6 Å². The van der Waals surface area contributed by atoms with Crippen molar-refractivity contribution in [2.45, 2.75) is 37.2 Å². The number of aromatic nitrogens is 4. The zero-order valence-corrected chi connectivity index (χ0v) is 19.2. The monoisotopic (exact) mass is 464 g/mol. The van der Waals surface area contributed by atoms with E-state index in [4.69, 9.17) is 11.6 Å². The minimum Gasteiger partial charge on any atom is -0.342 e. The van der Waals surface area contributed by atoms with Crippen LogP contribution < -0.4 is 10.6 Å². The van der Waals surface area contributed by atoms with Crippen LogP contribution in [0.5, 0.6) is 0 Å². The molecule has 2 heterocycles. The third-order valence-corrected chi connectivity index (χ3v) is 6.47. The first-order chi connectivity index (χ1) is 14.2. The average molecular weight is 465 g/mol. The van der Waals surface area contributed by atoms with E-state index in [0.717, 1.165) is 5.69 Å². The Morgan fingerprint density at radius 2 is 1.90 bits per heavy atom. The number of rotatable bonds is 7. The molecule has 0 aliphatic rings. The van der Waals surface area contributed by atoms with E-state index in [-0.39, 0.29) is 17.9 Å². The number of thioether (sulfide) groups is 1. The normalized spacial score (nSPS) is 13.0. The van der Waals surface area contributed by atoms with Crippen LogP contribution in [0.1, 0.15) is 41.8 Å². The largest absolute Gasteiger partial charge is 0.342 e. The molecule has 0 fully saturated rings. The maximum Gasteiger partial charge on any atom is 0.251 e. The average Bonchev–Trinajstić information content (AvgIpc) is 3.27. The van der Waals surface area contributed by atoms with Crippen molar-refractivity contribution < 1.29 is 9.59 Å². The molecule has 0 radical (unpaired) electrons. The van der Waals surface area contributed by atoms with Crippen molar-refractivity contribution in [1.29, 1.82) is 0 Å². The number of amides is 2. The second kappa shape index (κ2) is 9.59. The van der Waals surface area contributed by atoms with Crippen molar-refractivity contribution in [3.05, 3.63) is 51.7 Å². The zero-order chi connectivity index (χ0) is 21.8. The van der Waals surface area contributed by atoms with Crippen LogP contribution in [0.25, 0.3) is 0 Å². The van der Waals surface area contributed by atoms with Gasteiger partial charge in [0, 0.05) is 23.0 Å². The van der Waals surface area contributed by atoms with Crippen LogP contribution in [0.3, 0.4) is 0 Å². The van der Waals surface area contributed by atoms with Gasteiger partial charge in [0.1, 0.15) is 0 Å². The van der Waals surface area contributed by atoms with Crippen molar-refractivity contribution in [3.63, 3.8) is 0 Å². The van der Waals surface area contributed by atoms with Gasteiger partial charge < -0.3 is 15.2 Å². The maximum absolute atomic E-state index is 12.4. The molecule has 0 aliphatic carbocycles. The summed E-state index contributed by atoms with van der Waals surface area (Å²) in [4.78, 5) is 29.1. The fraction of sp³-hybridized carbons (Fsp3) is 0.316. The summed E-state index contributed by atoms with van der Waals surface area (Å²) in [6.45, 7) is 5.49. The summed E-state index contributed by atoms with van der Waals surface area (Å²) >= 11 is 8.54. The van der Waals surface area contributed by atoms with Gasteiger partial charge in [0.05, 0.1) is 17.0 Å². The van der Waals surface area contributed by atoms with Gasteiger partial charge in [-0.1, -0.05) is 23.4 Å². The quantitative estimate of drug-likeness (QED) is 0.515. The minimum absolute atomic E-state index is 0.164. The molecule has 3 aromatic rings. The molecule has 158 valence electrons. The van der Waals surface area contributed by atoms with E-state index in [1.807, 2.05) is 19.2 Å². The summed E-state index contributed by atoms with van der Waals surface area (Å²) in [6.07, 6.45) is 0. The Kier molecular flexibility index (Phi) is 7.11. The molecule has 8 nitrogen and oxygen atoms in total. The van der Waals surface area contributed by atoms with Gasteiger partial charge in [0.15, 0.2) is 16.1 Å². The molecular weight excluding hydrogens is 444 g/mol. The molecule has 2 atom stereocenters. The van der Waals surface area contributed by atoms with Crippen molar-refractivity contribution in [1.82, 2.24) is 25.1 Å². The number of benzene rings is 1. The number of halogens is 1. The highest BCUT2D eigenvalue weighted by molar-refractivity contribution is 8.00. The molecule has 11 heteroatoms. The van der Waals surface area contributed by atoms with Crippen molar-refractivity contribution in [3.8, 4) is 0 Å². The number of aryl methyl sites for hydroxylation is 1. The fourth-order valence-corrected chi connectivity index (χ4v) is 4.22. The Morgan fingerprint density at radius 1 is 1.20 bits per heavy atom. The van der Waals surface area contributed by atoms with Crippen LogP contribution in [0.2, 0.25) is 5.02 Å². The molecule has 3 rings (SSSR count). The zero-order valence-electron chi connectivity index (χ0n) is 16.8. The molecule has 2 N–H and O–H groups in total. The molecule has 0 saturated heterocycles. The predicted octanol–water partition coefficient (Wildman–Crippen LogP) is 3.84. The molecule has 0 aliphatic heterocycles. The minimum atomic E-state index is -0.399. The summed E-state index contributed by atoms with van der Waals surface area (Å²) in [5.41, 5.74) is 1.37. The molecule has 0 unspecified atom stereocenters. The number of hydrogen-bond donors (Lipinski definition) is 2. The summed E-state index contributed by atoms with van der Waals surface area (Å²) in [5, 5.41) is 17.3. The van der Waals surface area contributed by atoms with Gasteiger partial charge >= 0.3 is 0 Å². The summed E-state index contributed by atoms with van der Waals surface area (Å²) in [5.74, 6) is 0.189. The molecule has 0 spiro atoms. The Balaban J connectivity index is 1.62. The smallest absolute Gasteiger partial charge is 0.251 e. The lowest BCUT2D eigenvalue weighted by atomic mass is 10.2. The second-order valence-corrected chi connectivity index (χ2v) is 9.25. The third kappa shape index (κ3) is 5.38. The van der Waals surface area contributed by atoms with Gasteiger partial charge in [-0.25, -0.2) is 4.98 Å². The SMILES string of the molecule is Cc1csc(NC(=O)[C@H](C)Sc2nnc([C@H](C)NC(=O)c3ccc(Cl)cc3)n2C)n1. The van der Waals surface area contributed by atoms with E-state index in [1.54, 1.807) is 42.8 Å². The molecule has 0 bridgehead atoms. The van der Waals surface area contributed by atoms with Gasteiger partial charge in [-0.15, -0.1) is 21.5 Å². The molecule has 1 aromatic carbocycles. The van der Waals surface area contributed by atoms with Gasteiger partial charge in [0.2, 0.25) is 5.91 Å². The summed E-state index contributed by atoms with van der Waals surface area (Å²) in [6, 6.07) is 6.27. The van der Waals surface area contributed by atoms with E-state index in [1.165, 1.54) is 23.1 Å². The van der Waals surface area contributed by atoms with Crippen molar-refractivity contribution in [2.75, 3.05) is 5.32 Å². The lowest BCUT2D eigenvalue weighted by Crippen LogP contribution is -2.28. The lowest BCUT2D eigenvalue weighted by Gasteiger charge is -2.14. The first kappa shape index (κ1) is 22.3. The van der Waals surface area contributed by atoms with Gasteiger partial charge in [-0.05, 0) is 45.0 Å². The second-order valence-electron chi connectivity index (χ2n) is 6.65. The van der Waals surface area contributed by atoms with Crippen LogP contribution >= 0.6 is 34.7 Å². The number of anilines is 1. The van der Waals surface area contributed by atoms with Crippen molar-refractivity contribution in [2.24, 2.45) is 7.05 Å². The Bertz CT molecular complexity index is 1050. The number of nitrogens with zero attached hydrogens (tertiary/aromatic N) is 4. The van der Waals surface area contributed by atoms with Gasteiger partial charge in [-0.3, -0.25) is 9.59 Å². The number of thiazole rings is 1. The highest BCUT2D eigenvalue weighted by Crippen LogP contribution is 2.25. The van der Waals surface area contributed by atoms with Gasteiger partial charge in [0.25, 0.3) is 5.91 Å². The molecule has 30 heavy (non-hydrogen) atoms. The fourth-order valence-electron chi connectivity index (χ4n) is 2.58. The van der Waals surface area contributed by atoms with Crippen LogP contribution in [0, 0.1) is 6.92 Å². The Hall–Kier alpha value is -2.43.